The van der Waals surface area contributed by atoms with Gasteiger partial charge in [-0.3, -0.25) is 4.79 Å². The molecule has 2 rings (SSSR count). The third-order valence-electron chi connectivity index (χ3n) is 3.48. The van der Waals surface area contributed by atoms with Gasteiger partial charge in [-0.1, -0.05) is 41.9 Å². The number of nitrogens with one attached hydrogen (secondary N) is 1. The summed E-state index contributed by atoms with van der Waals surface area (Å²) < 4.78 is 17.9. The Bertz CT molecular complexity index is 658. The van der Waals surface area contributed by atoms with Gasteiger partial charge in [-0.05, 0) is 42.3 Å². The molecule has 0 aliphatic heterocycles. The number of esters is 1. The van der Waals surface area contributed by atoms with Crippen LogP contribution in [0.25, 0.3) is 11.1 Å². The van der Waals surface area contributed by atoms with Gasteiger partial charge in [0.2, 0.25) is 0 Å². The Balaban J connectivity index is 2.16. The average molecular weight is 322 g/mol. The van der Waals surface area contributed by atoms with Crippen LogP contribution < -0.4 is 5.32 Å². The molecule has 0 bridgehead atoms. The standard InChI is InChI=1S/C17H17ClFNO2/c1-20-16(17(21)22-2)9-11-3-5-12(6-4-11)13-7-8-15(19)14(18)10-13/h3-8,10,16,20H,9H2,1-2H3/t16-/m0/s1. The molecule has 0 saturated heterocycles. The van der Waals surface area contributed by atoms with Gasteiger partial charge in [-0.2, -0.15) is 0 Å². The Hall–Kier alpha value is -1.91. The van der Waals surface area contributed by atoms with Crippen molar-refractivity contribution in [2.24, 2.45) is 0 Å². The molecule has 2 aromatic carbocycles. The van der Waals surface area contributed by atoms with Crippen LogP contribution >= 0.6 is 11.6 Å². The van der Waals surface area contributed by atoms with E-state index in [1.54, 1.807) is 19.2 Å². The van der Waals surface area contributed by atoms with Crippen molar-refractivity contribution in [2.75, 3.05) is 14.2 Å². The van der Waals surface area contributed by atoms with E-state index in [4.69, 9.17) is 16.3 Å². The number of carbonyl (C=O) groups excluding carboxylic acids is 1. The number of benzene rings is 2. The fourth-order valence-electron chi connectivity index (χ4n) is 2.19. The van der Waals surface area contributed by atoms with E-state index in [-0.39, 0.29) is 17.0 Å². The molecule has 1 N–H and O–H groups in total. The second-order valence-electron chi connectivity index (χ2n) is 4.89. The van der Waals surface area contributed by atoms with Crippen molar-refractivity contribution in [1.82, 2.24) is 5.32 Å². The SMILES string of the molecule is CN[C@@H](Cc1ccc(-c2ccc(F)c(Cl)c2)cc1)C(=O)OC. The first-order valence-electron chi connectivity index (χ1n) is 6.84. The lowest BCUT2D eigenvalue weighted by molar-refractivity contribution is -0.142. The van der Waals surface area contributed by atoms with Gasteiger partial charge in [-0.25, -0.2) is 4.39 Å². The maximum Gasteiger partial charge on any atom is 0.323 e. The molecule has 0 saturated carbocycles. The Labute approximate surface area is 134 Å². The third-order valence-corrected chi connectivity index (χ3v) is 3.77. The summed E-state index contributed by atoms with van der Waals surface area (Å²) in [5, 5.41) is 3.03. The number of hydrogen-bond acceptors (Lipinski definition) is 3. The van der Waals surface area contributed by atoms with Crippen LogP contribution in [0.2, 0.25) is 5.02 Å². The van der Waals surface area contributed by atoms with Gasteiger partial charge in [0, 0.05) is 0 Å². The van der Waals surface area contributed by atoms with Crippen LogP contribution in [-0.2, 0) is 16.0 Å². The van der Waals surface area contributed by atoms with Crippen molar-refractivity contribution in [3.8, 4) is 11.1 Å². The van der Waals surface area contributed by atoms with Crippen molar-refractivity contribution in [1.29, 1.82) is 0 Å². The highest BCUT2D eigenvalue weighted by Crippen LogP contribution is 2.25. The third kappa shape index (κ3) is 3.84. The quantitative estimate of drug-likeness (QED) is 0.857. The monoisotopic (exact) mass is 321 g/mol. The molecule has 116 valence electrons. The van der Waals surface area contributed by atoms with Crippen LogP contribution in [0.1, 0.15) is 5.56 Å². The topological polar surface area (TPSA) is 38.3 Å². The molecule has 5 heteroatoms. The normalized spacial score (nSPS) is 12.0. The van der Waals surface area contributed by atoms with Crippen LogP contribution in [0.3, 0.4) is 0 Å². The minimum atomic E-state index is -0.433. The van der Waals surface area contributed by atoms with Crippen LogP contribution in [0.5, 0.6) is 0 Å². The van der Waals surface area contributed by atoms with E-state index >= 15 is 0 Å². The molecule has 2 aromatic rings. The number of hydrogen-bond donors (Lipinski definition) is 1. The minimum Gasteiger partial charge on any atom is -0.468 e. The fourth-order valence-corrected chi connectivity index (χ4v) is 2.37. The summed E-state index contributed by atoms with van der Waals surface area (Å²) in [5.41, 5.74) is 2.78. The minimum absolute atomic E-state index is 0.0996. The lowest BCUT2D eigenvalue weighted by atomic mass is 10.0. The van der Waals surface area contributed by atoms with E-state index in [1.807, 2.05) is 24.3 Å². The zero-order valence-electron chi connectivity index (χ0n) is 12.4. The summed E-state index contributed by atoms with van der Waals surface area (Å²) in [5.74, 6) is -0.728. The molecule has 1 atom stereocenters. The summed E-state index contributed by atoms with van der Waals surface area (Å²) in [6.07, 6.45) is 0.535. The molecule has 0 radical (unpaired) electrons. The number of ether oxygens (including phenoxy) is 1. The van der Waals surface area contributed by atoms with Crippen molar-refractivity contribution in [3.63, 3.8) is 0 Å². The smallest absolute Gasteiger partial charge is 0.323 e. The van der Waals surface area contributed by atoms with Crippen molar-refractivity contribution in [2.45, 2.75) is 12.5 Å². The average Bonchev–Trinajstić information content (AvgIpc) is 2.55. The van der Waals surface area contributed by atoms with Crippen molar-refractivity contribution in [3.05, 3.63) is 58.9 Å². The van der Waals surface area contributed by atoms with Crippen LogP contribution in [-0.4, -0.2) is 26.2 Å². The molecule has 0 amide bonds. The van der Waals surface area contributed by atoms with E-state index in [1.165, 1.54) is 13.2 Å². The first-order chi connectivity index (χ1) is 10.5. The lowest BCUT2D eigenvalue weighted by Gasteiger charge is -2.14. The predicted octanol–water partition coefficient (Wildman–Crippen LogP) is 3.45. The molecule has 0 spiro atoms. The van der Waals surface area contributed by atoms with Crippen LogP contribution in [0.15, 0.2) is 42.5 Å². The number of halogens is 2. The molecule has 22 heavy (non-hydrogen) atoms. The zero-order valence-corrected chi connectivity index (χ0v) is 13.2. The maximum atomic E-state index is 13.2. The largest absolute Gasteiger partial charge is 0.468 e. The van der Waals surface area contributed by atoms with Gasteiger partial charge in [0.05, 0.1) is 12.1 Å². The predicted molar refractivity (Wildman–Crippen MR) is 85.4 cm³/mol. The molecule has 0 aliphatic carbocycles. The molecule has 0 aromatic heterocycles. The van der Waals surface area contributed by atoms with E-state index in [2.05, 4.69) is 5.32 Å². The lowest BCUT2D eigenvalue weighted by Crippen LogP contribution is -2.36. The zero-order chi connectivity index (χ0) is 16.1. The van der Waals surface area contributed by atoms with Crippen molar-refractivity contribution < 1.29 is 13.9 Å². The van der Waals surface area contributed by atoms with Crippen molar-refractivity contribution >= 4 is 17.6 Å². The molecule has 0 heterocycles. The molecule has 3 nitrogen and oxygen atoms in total. The summed E-state index contributed by atoms with van der Waals surface area (Å²) in [4.78, 5) is 11.6. The summed E-state index contributed by atoms with van der Waals surface area (Å²) in [7, 11) is 3.09. The molecule has 0 aliphatic rings. The Morgan fingerprint density at radius 1 is 1.23 bits per heavy atom. The number of carbonyl (C=O) groups is 1. The second kappa shape index (κ2) is 7.38. The first-order valence-corrected chi connectivity index (χ1v) is 7.22. The van der Waals surface area contributed by atoms with Gasteiger partial charge in [-0.15, -0.1) is 0 Å². The molecule has 0 unspecified atom stereocenters. The summed E-state index contributed by atoms with van der Waals surface area (Å²) >= 11 is 5.80. The van der Waals surface area contributed by atoms with E-state index in [0.29, 0.717) is 6.42 Å². The van der Waals surface area contributed by atoms with E-state index in [0.717, 1.165) is 16.7 Å². The van der Waals surface area contributed by atoms with Gasteiger partial charge >= 0.3 is 5.97 Å². The summed E-state index contributed by atoms with van der Waals surface area (Å²) in [6.45, 7) is 0. The Morgan fingerprint density at radius 2 is 1.86 bits per heavy atom. The fraction of sp³-hybridized carbons (Fsp3) is 0.235. The first kappa shape index (κ1) is 16.5. The van der Waals surface area contributed by atoms with Gasteiger partial charge in [0.15, 0.2) is 0 Å². The summed E-state index contributed by atoms with van der Waals surface area (Å²) in [6, 6.07) is 11.9. The van der Waals surface area contributed by atoms with Gasteiger partial charge in [0.1, 0.15) is 11.9 Å². The van der Waals surface area contributed by atoms with Gasteiger partial charge in [0.25, 0.3) is 0 Å². The Kier molecular flexibility index (Phi) is 5.52. The maximum absolute atomic E-state index is 13.2. The number of methoxy groups -OCH3 is 1. The van der Waals surface area contributed by atoms with Crippen LogP contribution in [0, 0.1) is 5.82 Å². The highest BCUT2D eigenvalue weighted by atomic mass is 35.5. The number of rotatable bonds is 5. The van der Waals surface area contributed by atoms with E-state index < -0.39 is 5.82 Å². The second-order valence-corrected chi connectivity index (χ2v) is 5.30. The van der Waals surface area contributed by atoms with E-state index in [9.17, 15) is 9.18 Å². The molecule has 0 fully saturated rings. The highest BCUT2D eigenvalue weighted by molar-refractivity contribution is 6.31. The molecular formula is C17H17ClFNO2. The highest BCUT2D eigenvalue weighted by Gasteiger charge is 2.17. The Morgan fingerprint density at radius 3 is 2.41 bits per heavy atom. The van der Waals surface area contributed by atoms with Crippen LogP contribution in [0.4, 0.5) is 4.39 Å². The van der Waals surface area contributed by atoms with Gasteiger partial charge < -0.3 is 10.1 Å². The number of likely N-dealkylation sites (N-methyl/N-ethyl adjacent to an activating group) is 1. The molecular weight excluding hydrogens is 305 g/mol.